The second-order valence-electron chi connectivity index (χ2n) is 9.35. The highest BCUT2D eigenvalue weighted by molar-refractivity contribution is 5.79. The average molecular weight is 341 g/mol. The van der Waals surface area contributed by atoms with Gasteiger partial charge in [0.25, 0.3) is 0 Å². The normalized spacial score (nSPS) is 28.4. The fraction of sp³-hybridized carbons (Fsp3) is 0.385. The van der Waals surface area contributed by atoms with Gasteiger partial charge < -0.3 is 0 Å². The van der Waals surface area contributed by atoms with E-state index in [0.29, 0.717) is 11.8 Å². The van der Waals surface area contributed by atoms with E-state index in [-0.39, 0.29) is 10.8 Å². The highest BCUT2D eigenvalue weighted by Gasteiger charge is 2.57. The van der Waals surface area contributed by atoms with Crippen LogP contribution in [0, 0.1) is 16.7 Å². The Hall–Kier alpha value is -2.08. The molecule has 5 rings (SSSR count). The predicted octanol–water partition coefficient (Wildman–Crippen LogP) is 7.13. The summed E-state index contributed by atoms with van der Waals surface area (Å²) in [7, 11) is 0. The zero-order valence-corrected chi connectivity index (χ0v) is 16.3. The zero-order valence-electron chi connectivity index (χ0n) is 16.3. The van der Waals surface area contributed by atoms with Crippen molar-refractivity contribution in [1.29, 1.82) is 0 Å². The lowest BCUT2D eigenvalue weighted by Crippen LogP contribution is -2.29. The molecule has 0 aliphatic heterocycles. The van der Waals surface area contributed by atoms with Crippen molar-refractivity contribution >= 4 is 0 Å². The molecular weight excluding hydrogens is 312 g/mol. The van der Waals surface area contributed by atoms with E-state index in [0.717, 1.165) is 6.42 Å². The molecule has 1 fully saturated rings. The summed E-state index contributed by atoms with van der Waals surface area (Å²) in [6.45, 7) is 9.75. The molecule has 2 aromatic carbocycles. The Balaban J connectivity index is 1.73. The standard InChI is InChI=1S/C26H28/c1-5-17-14-22-23(15-17)26(4,16-25(22,2)3)24-20-12-8-6-10-18(20)19-11-7-9-13-21(19)24/h6-15,23-24H,5,16H2,1-4H3. The molecule has 0 heteroatoms. The lowest BCUT2D eigenvalue weighted by Gasteiger charge is -2.38. The largest absolute Gasteiger partial charge is 0.0735 e. The molecule has 0 aromatic heterocycles. The van der Waals surface area contributed by atoms with E-state index in [1.807, 2.05) is 0 Å². The van der Waals surface area contributed by atoms with Crippen LogP contribution in [-0.2, 0) is 0 Å². The van der Waals surface area contributed by atoms with Crippen LogP contribution in [0.1, 0.15) is 57.6 Å². The molecule has 0 bridgehead atoms. The van der Waals surface area contributed by atoms with Crippen LogP contribution < -0.4 is 0 Å². The molecule has 2 unspecified atom stereocenters. The molecule has 3 aliphatic carbocycles. The minimum atomic E-state index is 0.231. The molecule has 0 saturated heterocycles. The van der Waals surface area contributed by atoms with Crippen LogP contribution >= 0.6 is 0 Å². The predicted molar refractivity (Wildman–Crippen MR) is 110 cm³/mol. The second kappa shape index (κ2) is 5.22. The first-order valence-electron chi connectivity index (χ1n) is 10.1. The van der Waals surface area contributed by atoms with Crippen molar-refractivity contribution in [3.05, 3.63) is 83.0 Å². The van der Waals surface area contributed by atoms with Crippen molar-refractivity contribution in [2.24, 2.45) is 16.7 Å². The SMILES string of the molecule is CCC1=CC2C(=C1)C(C)(C)CC2(C)C1c2ccccc2-c2ccccc21. The first kappa shape index (κ1) is 16.1. The molecule has 0 spiro atoms. The smallest absolute Gasteiger partial charge is 0.0164 e. The van der Waals surface area contributed by atoms with Crippen LogP contribution in [0.4, 0.5) is 0 Å². The minimum Gasteiger partial charge on any atom is -0.0735 e. The Morgan fingerprint density at radius 2 is 1.46 bits per heavy atom. The summed E-state index contributed by atoms with van der Waals surface area (Å²) in [5.41, 5.74) is 9.67. The Bertz CT molecular complexity index is 910. The van der Waals surface area contributed by atoms with E-state index >= 15 is 0 Å². The topological polar surface area (TPSA) is 0 Å². The number of hydrogen-bond donors (Lipinski definition) is 0. The summed E-state index contributed by atoms with van der Waals surface area (Å²) in [5.74, 6) is 1.05. The maximum Gasteiger partial charge on any atom is 0.0164 e. The summed E-state index contributed by atoms with van der Waals surface area (Å²) in [6.07, 6.45) is 7.50. The highest BCUT2D eigenvalue weighted by Crippen LogP contribution is 2.67. The molecule has 0 amide bonds. The molecule has 0 heterocycles. The molecule has 0 radical (unpaired) electrons. The minimum absolute atomic E-state index is 0.231. The van der Waals surface area contributed by atoms with Gasteiger partial charge in [-0.3, -0.25) is 0 Å². The van der Waals surface area contributed by atoms with Gasteiger partial charge in [0, 0.05) is 11.8 Å². The van der Waals surface area contributed by atoms with Crippen LogP contribution in [0.3, 0.4) is 0 Å². The van der Waals surface area contributed by atoms with Crippen molar-refractivity contribution in [1.82, 2.24) is 0 Å². The second-order valence-corrected chi connectivity index (χ2v) is 9.35. The van der Waals surface area contributed by atoms with E-state index in [2.05, 4.69) is 88.4 Å². The zero-order chi connectivity index (χ0) is 18.1. The maximum atomic E-state index is 2.59. The molecule has 0 nitrogen and oxygen atoms in total. The van der Waals surface area contributed by atoms with Crippen molar-refractivity contribution < 1.29 is 0 Å². The monoisotopic (exact) mass is 340 g/mol. The van der Waals surface area contributed by atoms with Crippen LogP contribution in [0.15, 0.2) is 71.8 Å². The molecule has 1 saturated carbocycles. The third kappa shape index (κ3) is 1.96. The van der Waals surface area contributed by atoms with Crippen molar-refractivity contribution in [2.45, 2.75) is 46.5 Å². The van der Waals surface area contributed by atoms with Gasteiger partial charge in [-0.05, 0) is 45.9 Å². The third-order valence-electron chi connectivity index (χ3n) is 7.27. The Kier molecular flexibility index (Phi) is 3.24. The molecule has 0 N–H and O–H groups in total. The first-order chi connectivity index (χ1) is 12.5. The lowest BCUT2D eigenvalue weighted by atomic mass is 9.65. The van der Waals surface area contributed by atoms with Gasteiger partial charge in [0.05, 0.1) is 0 Å². The molecule has 26 heavy (non-hydrogen) atoms. The summed E-state index contributed by atoms with van der Waals surface area (Å²) < 4.78 is 0. The number of allylic oxidation sites excluding steroid dienone is 4. The van der Waals surface area contributed by atoms with Gasteiger partial charge in [-0.1, -0.05) is 99.5 Å². The van der Waals surface area contributed by atoms with Crippen LogP contribution in [0.2, 0.25) is 0 Å². The van der Waals surface area contributed by atoms with Gasteiger partial charge in [0.15, 0.2) is 0 Å². The summed E-state index contributed by atoms with van der Waals surface area (Å²) in [6, 6.07) is 18.2. The van der Waals surface area contributed by atoms with Gasteiger partial charge in [0.2, 0.25) is 0 Å². The fourth-order valence-corrected chi connectivity index (χ4v) is 6.34. The molecular formula is C26H28. The summed E-state index contributed by atoms with van der Waals surface area (Å²) in [4.78, 5) is 0. The van der Waals surface area contributed by atoms with Crippen molar-refractivity contribution in [3.8, 4) is 11.1 Å². The molecule has 2 atom stereocenters. The molecule has 132 valence electrons. The van der Waals surface area contributed by atoms with Crippen molar-refractivity contribution in [2.75, 3.05) is 0 Å². The molecule has 2 aromatic rings. The van der Waals surface area contributed by atoms with E-state index in [9.17, 15) is 0 Å². The molecule has 3 aliphatic rings. The average Bonchev–Trinajstić information content (AvgIpc) is 3.26. The van der Waals surface area contributed by atoms with E-state index in [1.165, 1.54) is 34.2 Å². The van der Waals surface area contributed by atoms with E-state index in [4.69, 9.17) is 0 Å². The Morgan fingerprint density at radius 3 is 2.04 bits per heavy atom. The quantitative estimate of drug-likeness (QED) is 0.545. The number of fused-ring (bicyclic) bond motifs is 4. The lowest BCUT2D eigenvalue weighted by molar-refractivity contribution is 0.220. The number of hydrogen-bond acceptors (Lipinski definition) is 0. The summed E-state index contributed by atoms with van der Waals surface area (Å²) in [5, 5.41) is 0. The van der Waals surface area contributed by atoms with Crippen LogP contribution in [0.25, 0.3) is 11.1 Å². The van der Waals surface area contributed by atoms with Gasteiger partial charge in [-0.25, -0.2) is 0 Å². The van der Waals surface area contributed by atoms with Crippen LogP contribution in [-0.4, -0.2) is 0 Å². The van der Waals surface area contributed by atoms with E-state index < -0.39 is 0 Å². The first-order valence-corrected chi connectivity index (χ1v) is 10.1. The third-order valence-corrected chi connectivity index (χ3v) is 7.27. The van der Waals surface area contributed by atoms with Crippen LogP contribution in [0.5, 0.6) is 0 Å². The Morgan fingerprint density at radius 1 is 0.885 bits per heavy atom. The number of benzene rings is 2. The van der Waals surface area contributed by atoms with Gasteiger partial charge >= 0.3 is 0 Å². The number of rotatable bonds is 2. The maximum absolute atomic E-state index is 2.59. The van der Waals surface area contributed by atoms with Gasteiger partial charge in [-0.15, -0.1) is 0 Å². The highest BCUT2D eigenvalue weighted by atomic mass is 14.6. The fourth-order valence-electron chi connectivity index (χ4n) is 6.34. The summed E-state index contributed by atoms with van der Waals surface area (Å²) >= 11 is 0. The van der Waals surface area contributed by atoms with Gasteiger partial charge in [0.1, 0.15) is 0 Å². The Labute approximate surface area is 157 Å². The van der Waals surface area contributed by atoms with Gasteiger partial charge in [-0.2, -0.15) is 0 Å². The van der Waals surface area contributed by atoms with Crippen molar-refractivity contribution in [3.63, 3.8) is 0 Å². The van der Waals surface area contributed by atoms with E-state index in [1.54, 1.807) is 5.57 Å².